The molecule has 0 radical (unpaired) electrons. The Balaban J connectivity index is 1.39. The first kappa shape index (κ1) is 19.7. The van der Waals surface area contributed by atoms with Crippen molar-refractivity contribution in [3.05, 3.63) is 128 Å². The molecule has 0 spiro atoms. The highest BCUT2D eigenvalue weighted by Crippen LogP contribution is 2.61. The van der Waals surface area contributed by atoms with E-state index in [0.29, 0.717) is 0 Å². The SMILES string of the molecule is C1=Cc2c(ccc3c2-c2c(ccc4c2C=CC4)N2c4ccc5c(c4-c4c(ccc6c4C=CC6)C32)C=CC5)C1. The van der Waals surface area contributed by atoms with Crippen LogP contribution in [0, 0.1) is 0 Å². The minimum atomic E-state index is 0.158. The molecule has 0 atom stereocenters. The predicted molar refractivity (Wildman–Crippen MR) is 159 cm³/mol. The Morgan fingerprint density at radius 1 is 0.421 bits per heavy atom. The lowest BCUT2D eigenvalue weighted by Gasteiger charge is -2.46. The molecular weight excluding hydrogens is 458 g/mol. The molecule has 0 amide bonds. The van der Waals surface area contributed by atoms with Gasteiger partial charge in [0.15, 0.2) is 0 Å². The molecule has 0 saturated heterocycles. The van der Waals surface area contributed by atoms with Crippen molar-refractivity contribution in [1.29, 1.82) is 0 Å². The molecule has 178 valence electrons. The van der Waals surface area contributed by atoms with E-state index < -0.39 is 0 Å². The zero-order chi connectivity index (χ0) is 24.5. The maximum absolute atomic E-state index is 2.68. The van der Waals surface area contributed by atoms with Crippen LogP contribution in [-0.2, 0) is 25.7 Å². The molecule has 4 aliphatic carbocycles. The second-order valence-electron chi connectivity index (χ2n) is 11.5. The highest BCUT2D eigenvalue weighted by Gasteiger charge is 2.43. The number of anilines is 2. The third-order valence-corrected chi connectivity index (χ3v) is 9.72. The average molecular weight is 484 g/mol. The molecule has 4 aromatic rings. The van der Waals surface area contributed by atoms with Gasteiger partial charge >= 0.3 is 0 Å². The van der Waals surface area contributed by atoms with Crippen LogP contribution in [0.3, 0.4) is 0 Å². The van der Waals surface area contributed by atoms with Gasteiger partial charge in [-0.25, -0.2) is 0 Å². The van der Waals surface area contributed by atoms with Gasteiger partial charge < -0.3 is 4.90 Å². The molecule has 0 aromatic heterocycles. The molecule has 1 heteroatoms. The highest BCUT2D eigenvalue weighted by molar-refractivity contribution is 6.06. The van der Waals surface area contributed by atoms with Crippen LogP contribution >= 0.6 is 0 Å². The van der Waals surface area contributed by atoms with Gasteiger partial charge in [0.05, 0.1) is 17.4 Å². The summed E-state index contributed by atoms with van der Waals surface area (Å²) in [6.07, 6.45) is 23.0. The number of allylic oxidation sites excluding steroid dienone is 4. The van der Waals surface area contributed by atoms with Gasteiger partial charge in [0, 0.05) is 11.1 Å². The number of nitrogens with zero attached hydrogens (tertiary/aromatic N) is 1. The fourth-order valence-corrected chi connectivity index (χ4v) is 8.14. The summed E-state index contributed by atoms with van der Waals surface area (Å²) in [6, 6.07) is 19.4. The van der Waals surface area contributed by atoms with Gasteiger partial charge in [-0.2, -0.15) is 0 Å². The Labute approximate surface area is 222 Å². The summed E-state index contributed by atoms with van der Waals surface area (Å²) >= 11 is 0. The van der Waals surface area contributed by atoms with E-state index in [1.807, 2.05) is 0 Å². The number of hydrogen-bond acceptors (Lipinski definition) is 1. The number of hydrogen-bond donors (Lipinski definition) is 0. The minimum absolute atomic E-state index is 0.158. The first-order chi connectivity index (χ1) is 18.9. The monoisotopic (exact) mass is 483 g/mol. The van der Waals surface area contributed by atoms with E-state index in [1.165, 1.54) is 89.3 Å². The van der Waals surface area contributed by atoms with Crippen molar-refractivity contribution in [3.8, 4) is 22.3 Å². The van der Waals surface area contributed by atoms with E-state index in [-0.39, 0.29) is 6.04 Å². The van der Waals surface area contributed by atoms with Gasteiger partial charge in [-0.05, 0) is 105 Å². The molecule has 0 bridgehead atoms. The van der Waals surface area contributed by atoms with Gasteiger partial charge in [0.25, 0.3) is 0 Å². The van der Waals surface area contributed by atoms with Gasteiger partial charge in [0.2, 0.25) is 0 Å². The Bertz CT molecular complexity index is 1650. The molecule has 38 heavy (non-hydrogen) atoms. The van der Waals surface area contributed by atoms with Crippen molar-refractivity contribution in [2.24, 2.45) is 0 Å². The normalized spacial score (nSPS) is 17.5. The first-order valence-corrected chi connectivity index (χ1v) is 14.0. The smallest absolute Gasteiger partial charge is 0.0857 e. The molecule has 6 aliphatic rings. The second-order valence-corrected chi connectivity index (χ2v) is 11.5. The topological polar surface area (TPSA) is 3.24 Å². The summed E-state index contributed by atoms with van der Waals surface area (Å²) in [6.45, 7) is 0. The molecule has 10 rings (SSSR count). The maximum Gasteiger partial charge on any atom is 0.0857 e. The minimum Gasteiger partial charge on any atom is -0.329 e. The Hall–Kier alpha value is -4.36. The van der Waals surface area contributed by atoms with Crippen LogP contribution in [0.15, 0.2) is 72.8 Å². The second kappa shape index (κ2) is 6.74. The summed E-state index contributed by atoms with van der Waals surface area (Å²) < 4.78 is 0. The molecule has 2 aliphatic heterocycles. The van der Waals surface area contributed by atoms with E-state index in [0.717, 1.165) is 25.7 Å². The lowest BCUT2D eigenvalue weighted by atomic mass is 9.73. The predicted octanol–water partition coefficient (Wildman–Crippen LogP) is 8.85. The highest BCUT2D eigenvalue weighted by atomic mass is 15.2. The fraction of sp³-hybridized carbons (Fsp3) is 0.135. The summed E-state index contributed by atoms with van der Waals surface area (Å²) in [4.78, 5) is 2.68. The van der Waals surface area contributed by atoms with Crippen molar-refractivity contribution >= 4 is 35.7 Å². The molecule has 0 unspecified atom stereocenters. The van der Waals surface area contributed by atoms with E-state index >= 15 is 0 Å². The third kappa shape index (κ3) is 2.22. The Kier molecular flexibility index (Phi) is 3.49. The van der Waals surface area contributed by atoms with Gasteiger partial charge in [-0.3, -0.25) is 0 Å². The molecule has 2 heterocycles. The zero-order valence-electron chi connectivity index (χ0n) is 21.1. The number of benzene rings is 4. The first-order valence-electron chi connectivity index (χ1n) is 14.0. The van der Waals surface area contributed by atoms with E-state index in [1.54, 1.807) is 0 Å². The van der Waals surface area contributed by atoms with Crippen LogP contribution in [0.25, 0.3) is 46.6 Å². The lowest BCUT2D eigenvalue weighted by molar-refractivity contribution is 0.799. The summed E-state index contributed by atoms with van der Waals surface area (Å²) in [5.74, 6) is 0. The van der Waals surface area contributed by atoms with Gasteiger partial charge in [-0.15, -0.1) is 0 Å². The van der Waals surface area contributed by atoms with Crippen molar-refractivity contribution in [1.82, 2.24) is 0 Å². The summed E-state index contributed by atoms with van der Waals surface area (Å²) in [5, 5.41) is 0. The van der Waals surface area contributed by atoms with Crippen molar-refractivity contribution < 1.29 is 0 Å². The Morgan fingerprint density at radius 2 is 0.789 bits per heavy atom. The summed E-state index contributed by atoms with van der Waals surface area (Å²) in [5.41, 5.74) is 22.9. The van der Waals surface area contributed by atoms with Crippen molar-refractivity contribution in [2.45, 2.75) is 31.7 Å². The van der Waals surface area contributed by atoms with E-state index in [2.05, 4.69) is 102 Å². The van der Waals surface area contributed by atoms with E-state index in [4.69, 9.17) is 0 Å². The van der Waals surface area contributed by atoms with Crippen LogP contribution in [0.2, 0.25) is 0 Å². The van der Waals surface area contributed by atoms with Gasteiger partial charge in [-0.1, -0.05) is 85.0 Å². The van der Waals surface area contributed by atoms with Crippen molar-refractivity contribution in [2.75, 3.05) is 4.90 Å². The lowest BCUT2D eigenvalue weighted by Crippen LogP contribution is -2.33. The molecule has 0 fully saturated rings. The zero-order valence-corrected chi connectivity index (χ0v) is 21.1. The number of fused-ring (bicyclic) bond motifs is 19. The molecule has 0 N–H and O–H groups in total. The number of rotatable bonds is 0. The Morgan fingerprint density at radius 3 is 1.21 bits per heavy atom. The summed E-state index contributed by atoms with van der Waals surface area (Å²) in [7, 11) is 0. The standard InChI is InChI=1S/C37H25N/c1-5-21-13-17-29-33(25(21)9-1)35-27-11-3-7-23(27)15-19-31(35)38-32-20-16-24-8-4-12-28(24)36(32)34-26-10-2-6-22(26)14-18-30(34)37(29)38/h1-4,9-20,37H,5-8H2. The largest absolute Gasteiger partial charge is 0.329 e. The molecular formula is C37H25N. The maximum atomic E-state index is 2.68. The van der Waals surface area contributed by atoms with Gasteiger partial charge in [0.1, 0.15) is 0 Å². The van der Waals surface area contributed by atoms with Crippen LogP contribution in [0.1, 0.15) is 61.7 Å². The van der Waals surface area contributed by atoms with E-state index in [9.17, 15) is 0 Å². The molecule has 1 nitrogen and oxygen atoms in total. The molecule has 4 aromatic carbocycles. The quantitative estimate of drug-likeness (QED) is 0.241. The van der Waals surface area contributed by atoms with Crippen LogP contribution < -0.4 is 4.90 Å². The average Bonchev–Trinajstić information content (AvgIpc) is 3.77. The van der Waals surface area contributed by atoms with Crippen LogP contribution in [0.4, 0.5) is 11.4 Å². The third-order valence-electron chi connectivity index (χ3n) is 9.72. The fourth-order valence-electron chi connectivity index (χ4n) is 8.14. The molecule has 0 saturated carbocycles. The van der Waals surface area contributed by atoms with Crippen LogP contribution in [-0.4, -0.2) is 0 Å². The van der Waals surface area contributed by atoms with Crippen LogP contribution in [0.5, 0.6) is 0 Å². The van der Waals surface area contributed by atoms with Crippen molar-refractivity contribution in [3.63, 3.8) is 0 Å².